The van der Waals surface area contributed by atoms with Crippen molar-refractivity contribution in [1.29, 1.82) is 0 Å². The average molecular weight is 626 g/mol. The second kappa shape index (κ2) is 13.1. The summed E-state index contributed by atoms with van der Waals surface area (Å²) in [4.78, 5) is 49.1. The molecular weight excluding hydrogens is 586 g/mol. The van der Waals surface area contributed by atoms with Gasteiger partial charge in [0.05, 0.1) is 50.6 Å². The Morgan fingerprint density at radius 2 is 1.74 bits per heavy atom. The Balaban J connectivity index is 1.24. The summed E-state index contributed by atoms with van der Waals surface area (Å²) in [5.74, 6) is 2.41. The minimum Gasteiger partial charge on any atom is -0.493 e. The molecule has 0 radical (unpaired) electrons. The molecule has 6 rings (SSSR count). The number of carbonyl (C=O) groups excluding carboxylic acids is 2. The molecule has 2 aliphatic rings. The molecule has 1 aromatic heterocycles. The molecule has 46 heavy (non-hydrogen) atoms. The lowest BCUT2D eigenvalue weighted by molar-refractivity contribution is -0.130. The first-order valence-electron chi connectivity index (χ1n) is 15.5. The Morgan fingerprint density at radius 1 is 0.978 bits per heavy atom. The van der Waals surface area contributed by atoms with E-state index in [9.17, 15) is 14.4 Å². The van der Waals surface area contributed by atoms with E-state index in [2.05, 4.69) is 15.6 Å². The molecule has 0 unspecified atom stereocenters. The first-order valence-corrected chi connectivity index (χ1v) is 15.5. The lowest BCUT2D eigenvalue weighted by Crippen LogP contribution is -2.41. The molecule has 0 spiro atoms. The lowest BCUT2D eigenvalue weighted by atomic mass is 9.95. The topological polar surface area (TPSA) is 135 Å². The van der Waals surface area contributed by atoms with Crippen LogP contribution in [0.15, 0.2) is 53.3 Å². The molecule has 3 aromatic carbocycles. The van der Waals surface area contributed by atoms with Crippen LogP contribution in [0.1, 0.15) is 55.1 Å². The van der Waals surface area contributed by atoms with E-state index in [0.29, 0.717) is 54.4 Å². The van der Waals surface area contributed by atoms with Crippen LogP contribution in [0.2, 0.25) is 0 Å². The number of H-pyrrole nitrogens is 1. The Bertz CT molecular complexity index is 1810. The number of benzene rings is 2. The number of carbonyl (C=O) groups is 2. The maximum absolute atomic E-state index is 13.6. The quantitative estimate of drug-likeness (QED) is 0.260. The molecule has 4 aromatic rings. The zero-order valence-corrected chi connectivity index (χ0v) is 26.6. The van der Waals surface area contributed by atoms with Gasteiger partial charge in [0.2, 0.25) is 23.0 Å². The molecule has 1 saturated heterocycles. The van der Waals surface area contributed by atoms with E-state index >= 15 is 0 Å². The Kier molecular flexibility index (Phi) is 8.83. The van der Waals surface area contributed by atoms with Crippen molar-refractivity contribution in [1.82, 2.24) is 20.2 Å². The van der Waals surface area contributed by atoms with Gasteiger partial charge < -0.3 is 34.7 Å². The van der Waals surface area contributed by atoms with Crippen LogP contribution in [0.4, 0.5) is 5.69 Å². The van der Waals surface area contributed by atoms with E-state index in [4.69, 9.17) is 19.2 Å². The van der Waals surface area contributed by atoms with Crippen LogP contribution in [-0.4, -0.2) is 67.6 Å². The number of aromatic nitrogens is 2. The number of anilines is 1. The highest BCUT2D eigenvalue weighted by Gasteiger charge is 2.30. The van der Waals surface area contributed by atoms with Crippen molar-refractivity contribution in [3.05, 3.63) is 75.7 Å². The summed E-state index contributed by atoms with van der Waals surface area (Å²) in [6, 6.07) is 14.6. The maximum atomic E-state index is 13.6. The van der Waals surface area contributed by atoms with Crippen molar-refractivity contribution in [2.24, 2.45) is 0 Å². The van der Waals surface area contributed by atoms with E-state index < -0.39 is 6.04 Å². The molecule has 11 nitrogen and oxygen atoms in total. The number of imidazole rings is 1. The fourth-order valence-electron chi connectivity index (χ4n) is 6.70. The summed E-state index contributed by atoms with van der Waals surface area (Å²) in [6.07, 6.45) is 2.79. The van der Waals surface area contributed by atoms with Gasteiger partial charge in [0.25, 0.3) is 0 Å². The Hall–Kier alpha value is -5.06. The van der Waals surface area contributed by atoms with Gasteiger partial charge in [-0.15, -0.1) is 0 Å². The molecule has 1 aliphatic heterocycles. The van der Waals surface area contributed by atoms with Crippen molar-refractivity contribution >= 4 is 28.5 Å². The van der Waals surface area contributed by atoms with E-state index in [1.807, 2.05) is 41.3 Å². The van der Waals surface area contributed by atoms with E-state index in [0.717, 1.165) is 46.4 Å². The van der Waals surface area contributed by atoms with Crippen molar-refractivity contribution in [3.63, 3.8) is 0 Å². The SMILES string of the molecule is COc1cc2c(c(OC)c1OC)-c1ccc(NCC(=O)N3CCC(c4nc5ccccc5[nH]4)CC3)c(=O)cc1[C@@H](NC(C)=O)CC2. The number of fused-ring (bicyclic) bond motifs is 4. The van der Waals surface area contributed by atoms with Crippen LogP contribution >= 0.6 is 0 Å². The van der Waals surface area contributed by atoms with Gasteiger partial charge in [-0.3, -0.25) is 14.4 Å². The van der Waals surface area contributed by atoms with Crippen LogP contribution in [0.5, 0.6) is 17.2 Å². The summed E-state index contributed by atoms with van der Waals surface area (Å²) in [5, 5.41) is 6.11. The second-order valence-corrected chi connectivity index (χ2v) is 11.7. The number of hydrogen-bond acceptors (Lipinski definition) is 8. The van der Waals surface area contributed by atoms with Gasteiger partial charge in [-0.1, -0.05) is 18.2 Å². The number of para-hydroxylation sites is 2. The number of nitrogens with zero attached hydrogens (tertiary/aromatic N) is 2. The minimum absolute atomic E-state index is 0.0146. The van der Waals surface area contributed by atoms with Gasteiger partial charge in [-0.05, 0) is 72.7 Å². The smallest absolute Gasteiger partial charge is 0.241 e. The third-order valence-electron chi connectivity index (χ3n) is 8.99. The summed E-state index contributed by atoms with van der Waals surface area (Å²) >= 11 is 0. The number of nitrogens with one attached hydrogen (secondary N) is 3. The van der Waals surface area contributed by atoms with Gasteiger partial charge in [-0.25, -0.2) is 4.98 Å². The van der Waals surface area contributed by atoms with Crippen LogP contribution in [-0.2, 0) is 16.0 Å². The van der Waals surface area contributed by atoms with Crippen molar-refractivity contribution in [2.45, 2.75) is 44.6 Å². The average Bonchev–Trinajstić information content (AvgIpc) is 3.37. The molecule has 1 atom stereocenters. The van der Waals surface area contributed by atoms with Gasteiger partial charge in [0.15, 0.2) is 11.5 Å². The molecule has 0 saturated carbocycles. The largest absolute Gasteiger partial charge is 0.493 e. The number of aryl methyl sites for hydroxylation is 1. The van der Waals surface area contributed by atoms with Gasteiger partial charge in [-0.2, -0.15) is 0 Å². The summed E-state index contributed by atoms with van der Waals surface area (Å²) in [5.41, 5.74) is 5.09. The molecule has 2 heterocycles. The number of likely N-dealkylation sites (tertiary alicyclic amines) is 1. The number of methoxy groups -OCH3 is 3. The summed E-state index contributed by atoms with van der Waals surface area (Å²) < 4.78 is 17.1. The highest BCUT2D eigenvalue weighted by molar-refractivity contribution is 5.84. The van der Waals surface area contributed by atoms with Crippen LogP contribution in [0.3, 0.4) is 0 Å². The molecule has 2 amide bonds. The van der Waals surface area contributed by atoms with Crippen molar-refractivity contribution < 1.29 is 23.8 Å². The van der Waals surface area contributed by atoms with Crippen molar-refractivity contribution in [3.8, 4) is 28.4 Å². The van der Waals surface area contributed by atoms with E-state index in [1.54, 1.807) is 33.5 Å². The molecule has 1 aliphatic carbocycles. The fourth-order valence-corrected chi connectivity index (χ4v) is 6.70. The van der Waals surface area contributed by atoms with Gasteiger partial charge >= 0.3 is 0 Å². The normalized spacial score (nSPS) is 16.2. The molecule has 3 N–H and O–H groups in total. The zero-order valence-electron chi connectivity index (χ0n) is 26.6. The first-order chi connectivity index (χ1) is 22.3. The van der Waals surface area contributed by atoms with E-state index in [1.165, 1.54) is 6.92 Å². The zero-order chi connectivity index (χ0) is 32.4. The number of rotatable bonds is 8. The third-order valence-corrected chi connectivity index (χ3v) is 8.99. The third kappa shape index (κ3) is 5.96. The Morgan fingerprint density at radius 3 is 2.43 bits per heavy atom. The number of hydrogen-bond donors (Lipinski definition) is 3. The predicted molar refractivity (Wildman–Crippen MR) is 176 cm³/mol. The van der Waals surface area contributed by atoms with Gasteiger partial charge in [0.1, 0.15) is 5.82 Å². The highest BCUT2D eigenvalue weighted by Crippen LogP contribution is 2.50. The fraction of sp³-hybridized carbons (Fsp3) is 0.371. The number of aromatic amines is 1. The number of piperidine rings is 1. The number of ether oxygens (including phenoxy) is 3. The minimum atomic E-state index is -0.413. The molecular formula is C35H39N5O6. The number of amides is 2. The van der Waals surface area contributed by atoms with Crippen molar-refractivity contribution in [2.75, 3.05) is 46.3 Å². The molecule has 240 valence electrons. The molecule has 0 bridgehead atoms. The standard InChI is InChI=1S/C35H39N5O6/c1-20(41)37-25-11-9-22-17-30(44-2)33(45-3)34(46-4)32(22)23-10-12-28(29(42)18-24(23)25)36-19-31(43)40-15-13-21(14-16-40)35-38-26-7-5-6-8-27(26)39-35/h5-8,10,12,17-18,21,25H,9,11,13-16,19H2,1-4H3,(H,36,42)(H,37,41)(H,38,39)/t25-/m0/s1. The molecule has 1 fully saturated rings. The predicted octanol–water partition coefficient (Wildman–Crippen LogP) is 4.56. The summed E-state index contributed by atoms with van der Waals surface area (Å²) in [7, 11) is 4.68. The second-order valence-electron chi connectivity index (χ2n) is 11.7. The van der Waals surface area contributed by atoms with E-state index in [-0.39, 0.29) is 29.7 Å². The highest BCUT2D eigenvalue weighted by atomic mass is 16.5. The first kappa shape index (κ1) is 30.9. The molecule has 11 heteroatoms. The van der Waals surface area contributed by atoms with Crippen LogP contribution < -0.4 is 30.3 Å². The lowest BCUT2D eigenvalue weighted by Gasteiger charge is -2.31. The summed E-state index contributed by atoms with van der Waals surface area (Å²) in [6.45, 7) is 2.68. The Labute approximate surface area is 267 Å². The van der Waals surface area contributed by atoms with Gasteiger partial charge in [0, 0.05) is 31.5 Å². The van der Waals surface area contributed by atoms with Crippen LogP contribution in [0, 0.1) is 0 Å². The maximum Gasteiger partial charge on any atom is 0.241 e. The monoisotopic (exact) mass is 625 g/mol. The van der Waals surface area contributed by atoms with Crippen LogP contribution in [0.25, 0.3) is 22.2 Å².